The predicted octanol–water partition coefficient (Wildman–Crippen LogP) is 6.02. The molecule has 4 aromatic rings. The number of halogens is 4. The molecule has 2 aromatic heterocycles. The summed E-state index contributed by atoms with van der Waals surface area (Å²) < 4.78 is 46.4. The molecule has 158 valence electrons. The number of carbonyl (C=O) groups is 1. The third-order valence-corrected chi connectivity index (χ3v) is 5.67. The van der Waals surface area contributed by atoms with Crippen molar-refractivity contribution in [3.8, 4) is 11.3 Å². The highest BCUT2D eigenvalue weighted by molar-refractivity contribution is 7.15. The van der Waals surface area contributed by atoms with E-state index >= 15 is 0 Å². The maximum absolute atomic E-state index is 14.3. The van der Waals surface area contributed by atoms with Crippen LogP contribution in [0.15, 0.2) is 47.1 Å². The van der Waals surface area contributed by atoms with Crippen LogP contribution in [0.2, 0.25) is 5.02 Å². The number of benzene rings is 2. The minimum Gasteiger partial charge on any atom is -0.360 e. The summed E-state index contributed by atoms with van der Waals surface area (Å²) in [6, 6.07) is 7.46. The van der Waals surface area contributed by atoms with E-state index < -0.39 is 23.4 Å². The Balaban J connectivity index is 1.57. The summed E-state index contributed by atoms with van der Waals surface area (Å²) in [5.41, 5.74) is 0.253. The highest BCUT2D eigenvalue weighted by Crippen LogP contribution is 2.34. The van der Waals surface area contributed by atoms with Crippen LogP contribution in [0.1, 0.15) is 26.6 Å². The van der Waals surface area contributed by atoms with Crippen LogP contribution in [0.3, 0.4) is 0 Å². The van der Waals surface area contributed by atoms with Crippen molar-refractivity contribution in [1.82, 2.24) is 10.1 Å². The van der Waals surface area contributed by atoms with E-state index in [9.17, 15) is 18.0 Å². The fourth-order valence-corrected chi connectivity index (χ4v) is 4.08. The number of thiazole rings is 1. The van der Waals surface area contributed by atoms with Crippen LogP contribution in [-0.2, 0) is 6.42 Å². The molecule has 0 saturated carbocycles. The Bertz CT molecular complexity index is 1270. The average Bonchev–Trinajstić information content (AvgIpc) is 3.30. The molecule has 2 aromatic carbocycles. The number of nitrogens with one attached hydrogen (secondary N) is 1. The van der Waals surface area contributed by atoms with E-state index in [0.29, 0.717) is 10.4 Å². The Kier molecular flexibility index (Phi) is 5.79. The van der Waals surface area contributed by atoms with E-state index in [1.165, 1.54) is 43.5 Å². The molecule has 0 aliphatic heterocycles. The molecule has 10 heteroatoms. The molecule has 4 rings (SSSR count). The molecule has 1 N–H and O–H groups in total. The van der Waals surface area contributed by atoms with Gasteiger partial charge in [0, 0.05) is 23.6 Å². The molecule has 0 atom stereocenters. The zero-order chi connectivity index (χ0) is 22.1. The highest BCUT2D eigenvalue weighted by atomic mass is 35.5. The maximum Gasteiger partial charge on any atom is 0.263 e. The number of aryl methyl sites for hydroxylation is 1. The number of hydrogen-bond acceptors (Lipinski definition) is 5. The molecular formula is C21H13ClF3N3O2S. The molecule has 1 amide bonds. The minimum absolute atomic E-state index is 0.0216. The smallest absolute Gasteiger partial charge is 0.263 e. The summed E-state index contributed by atoms with van der Waals surface area (Å²) in [5.74, 6) is -2.40. The minimum atomic E-state index is -0.662. The number of nitrogens with zero attached hydrogens (tertiary/aromatic N) is 2. The van der Waals surface area contributed by atoms with Crippen molar-refractivity contribution < 1.29 is 22.5 Å². The summed E-state index contributed by atoms with van der Waals surface area (Å²) in [6.07, 6.45) is 1.67. The third-order valence-electron chi connectivity index (χ3n) is 4.44. The monoisotopic (exact) mass is 463 g/mol. The topological polar surface area (TPSA) is 68.0 Å². The number of amides is 1. The van der Waals surface area contributed by atoms with Gasteiger partial charge < -0.3 is 4.52 Å². The molecule has 0 aliphatic carbocycles. The average molecular weight is 464 g/mol. The summed E-state index contributed by atoms with van der Waals surface area (Å²) in [5, 5.41) is 6.74. The summed E-state index contributed by atoms with van der Waals surface area (Å²) in [7, 11) is 0. The number of aromatic nitrogens is 2. The van der Waals surface area contributed by atoms with Gasteiger partial charge in [0.05, 0.1) is 10.6 Å². The molecule has 0 saturated heterocycles. The van der Waals surface area contributed by atoms with Crippen molar-refractivity contribution in [1.29, 1.82) is 0 Å². The van der Waals surface area contributed by atoms with Crippen molar-refractivity contribution in [3.63, 3.8) is 0 Å². The molecule has 0 fully saturated rings. The van der Waals surface area contributed by atoms with Crippen molar-refractivity contribution in [2.45, 2.75) is 13.3 Å². The second kappa shape index (κ2) is 8.52. The third kappa shape index (κ3) is 4.33. The summed E-state index contributed by atoms with van der Waals surface area (Å²) >= 11 is 7.22. The molecule has 0 aliphatic rings. The van der Waals surface area contributed by atoms with Gasteiger partial charge in [-0.05, 0) is 30.7 Å². The van der Waals surface area contributed by atoms with Crippen molar-refractivity contribution in [3.05, 3.63) is 86.8 Å². The van der Waals surface area contributed by atoms with Crippen molar-refractivity contribution >= 4 is 34.0 Å². The molecule has 2 heterocycles. The Hall–Kier alpha value is -3.17. The lowest BCUT2D eigenvalue weighted by atomic mass is 10.1. The molecule has 5 nitrogen and oxygen atoms in total. The first-order valence-corrected chi connectivity index (χ1v) is 10.1. The molecule has 0 unspecified atom stereocenters. The Morgan fingerprint density at radius 2 is 2.00 bits per heavy atom. The van der Waals surface area contributed by atoms with E-state index in [-0.39, 0.29) is 39.2 Å². The Morgan fingerprint density at radius 1 is 1.19 bits per heavy atom. The largest absolute Gasteiger partial charge is 0.360 e. The Labute approximate surface area is 183 Å². The van der Waals surface area contributed by atoms with Gasteiger partial charge in [-0.2, -0.15) is 0 Å². The zero-order valence-corrected chi connectivity index (χ0v) is 17.5. The standard InChI is InChI=1S/C21H13ClF3N3O2S/c1-10-17(19(28-30-10)18-14(22)3-2-4-15(18)24)20(29)27-21-26-9-13(31-21)7-11-5-6-12(23)8-16(11)25/h2-6,8-9H,7H2,1H3,(H,26,27,29). The van der Waals surface area contributed by atoms with Gasteiger partial charge >= 0.3 is 0 Å². The normalized spacial score (nSPS) is 11.0. The van der Waals surface area contributed by atoms with E-state index in [1.54, 1.807) is 0 Å². The highest BCUT2D eigenvalue weighted by Gasteiger charge is 2.26. The summed E-state index contributed by atoms with van der Waals surface area (Å²) in [4.78, 5) is 17.6. The van der Waals surface area contributed by atoms with Gasteiger partial charge in [0.15, 0.2) is 5.13 Å². The lowest BCUT2D eigenvalue weighted by Gasteiger charge is -2.05. The Morgan fingerprint density at radius 3 is 2.74 bits per heavy atom. The molecule has 0 radical (unpaired) electrons. The van der Waals surface area contributed by atoms with E-state index in [1.807, 2.05) is 0 Å². The lowest BCUT2D eigenvalue weighted by molar-refractivity contribution is 0.102. The quantitative estimate of drug-likeness (QED) is 0.393. The van der Waals surface area contributed by atoms with Crippen molar-refractivity contribution in [2.75, 3.05) is 5.32 Å². The predicted molar refractivity (Wildman–Crippen MR) is 111 cm³/mol. The van der Waals surface area contributed by atoms with E-state index in [2.05, 4.69) is 15.5 Å². The van der Waals surface area contributed by atoms with Crippen LogP contribution < -0.4 is 5.32 Å². The fourth-order valence-electron chi connectivity index (χ4n) is 2.99. The second-order valence-electron chi connectivity index (χ2n) is 6.56. The van der Waals surface area contributed by atoms with Gasteiger partial charge in [-0.1, -0.05) is 28.9 Å². The second-order valence-corrected chi connectivity index (χ2v) is 8.08. The maximum atomic E-state index is 14.3. The van der Waals surface area contributed by atoms with Gasteiger partial charge in [0.25, 0.3) is 5.91 Å². The van der Waals surface area contributed by atoms with Gasteiger partial charge in [-0.15, -0.1) is 11.3 Å². The van der Waals surface area contributed by atoms with Gasteiger partial charge in [-0.3, -0.25) is 10.1 Å². The number of hydrogen-bond donors (Lipinski definition) is 1. The van der Waals surface area contributed by atoms with E-state index in [4.69, 9.17) is 16.1 Å². The zero-order valence-electron chi connectivity index (χ0n) is 15.9. The van der Waals surface area contributed by atoms with Gasteiger partial charge in [0.1, 0.15) is 34.5 Å². The first kappa shape index (κ1) is 21.1. The first-order valence-electron chi connectivity index (χ1n) is 8.94. The van der Waals surface area contributed by atoms with Gasteiger partial charge in [0.2, 0.25) is 0 Å². The number of carbonyl (C=O) groups excluding carboxylic acids is 1. The molecular weight excluding hydrogens is 451 g/mol. The van der Waals surface area contributed by atoms with Crippen LogP contribution in [0.4, 0.5) is 18.3 Å². The van der Waals surface area contributed by atoms with Gasteiger partial charge in [-0.25, -0.2) is 18.2 Å². The molecule has 0 spiro atoms. The number of anilines is 1. The van der Waals surface area contributed by atoms with Crippen LogP contribution in [0.5, 0.6) is 0 Å². The fraction of sp³-hybridized carbons (Fsp3) is 0.0952. The molecule has 0 bridgehead atoms. The van der Waals surface area contributed by atoms with E-state index in [0.717, 1.165) is 17.4 Å². The number of rotatable bonds is 5. The molecule has 31 heavy (non-hydrogen) atoms. The lowest BCUT2D eigenvalue weighted by Crippen LogP contribution is -2.13. The summed E-state index contributed by atoms with van der Waals surface area (Å²) in [6.45, 7) is 1.52. The van der Waals surface area contributed by atoms with Crippen LogP contribution in [0, 0.1) is 24.4 Å². The van der Waals surface area contributed by atoms with Crippen molar-refractivity contribution in [2.24, 2.45) is 0 Å². The van der Waals surface area contributed by atoms with Crippen LogP contribution in [0.25, 0.3) is 11.3 Å². The SMILES string of the molecule is Cc1onc(-c2c(F)cccc2Cl)c1C(=O)Nc1ncc(Cc2ccc(F)cc2F)s1. The first-order chi connectivity index (χ1) is 14.8. The van der Waals surface area contributed by atoms with Crippen LogP contribution in [-0.4, -0.2) is 16.0 Å². The van der Waals surface area contributed by atoms with Crippen LogP contribution >= 0.6 is 22.9 Å².